The Morgan fingerprint density at radius 2 is 1.90 bits per heavy atom. The van der Waals surface area contributed by atoms with E-state index in [-0.39, 0.29) is 24.1 Å². The fourth-order valence-corrected chi connectivity index (χ4v) is 8.72. The predicted molar refractivity (Wildman–Crippen MR) is 146 cm³/mol. The number of hydrogen-bond donors (Lipinski definition) is 1. The van der Waals surface area contributed by atoms with Crippen LogP contribution in [0.2, 0.25) is 0 Å². The first-order valence-corrected chi connectivity index (χ1v) is 14.3. The van der Waals surface area contributed by atoms with E-state index >= 15 is 0 Å². The summed E-state index contributed by atoms with van der Waals surface area (Å²) in [6.07, 6.45) is 3.34. The van der Waals surface area contributed by atoms with Gasteiger partial charge in [0.15, 0.2) is 6.10 Å². The van der Waals surface area contributed by atoms with Crippen molar-refractivity contribution >= 4 is 23.7 Å². The number of ether oxygens (including phenoxy) is 3. The van der Waals surface area contributed by atoms with E-state index in [1.54, 1.807) is 38.5 Å². The van der Waals surface area contributed by atoms with Gasteiger partial charge in [0.25, 0.3) is 0 Å². The molecule has 1 saturated heterocycles. The lowest BCUT2D eigenvalue weighted by Gasteiger charge is -2.64. The summed E-state index contributed by atoms with van der Waals surface area (Å²) in [7, 11) is 1.20. The maximum Gasteiger partial charge on any atom is 0.335 e. The Labute approximate surface area is 240 Å². The number of allylic oxidation sites excluding steroid dienone is 2. The fraction of sp³-hybridized carbons (Fsp3) is 0.625. The van der Waals surface area contributed by atoms with Crippen LogP contribution in [0.25, 0.3) is 0 Å². The Kier molecular flexibility index (Phi) is 7.12. The van der Waals surface area contributed by atoms with E-state index in [1.165, 1.54) is 7.11 Å². The van der Waals surface area contributed by atoms with Gasteiger partial charge in [-0.1, -0.05) is 39.3 Å². The lowest BCUT2D eigenvalue weighted by molar-refractivity contribution is -0.211. The number of aliphatic hydroxyl groups excluding tert-OH is 1. The lowest BCUT2D eigenvalue weighted by Crippen LogP contribution is -2.69. The second-order valence-electron chi connectivity index (χ2n) is 13.1. The Balaban J connectivity index is 1.71. The first kappa shape index (κ1) is 29.3. The van der Waals surface area contributed by atoms with E-state index in [2.05, 4.69) is 6.92 Å². The minimum atomic E-state index is -1.62. The highest BCUT2D eigenvalue weighted by Crippen LogP contribution is 2.68. The van der Waals surface area contributed by atoms with Crippen molar-refractivity contribution in [2.75, 3.05) is 7.11 Å². The van der Waals surface area contributed by atoms with Gasteiger partial charge in [-0.05, 0) is 50.7 Å². The summed E-state index contributed by atoms with van der Waals surface area (Å²) in [5.74, 6) is -3.83. The van der Waals surface area contributed by atoms with Crippen LogP contribution in [0.1, 0.15) is 78.9 Å². The van der Waals surface area contributed by atoms with Gasteiger partial charge in [-0.15, -0.1) is 0 Å². The van der Waals surface area contributed by atoms with Crippen LogP contribution in [0.3, 0.4) is 0 Å². The molecule has 1 aromatic rings. The molecule has 9 heteroatoms. The molecule has 2 bridgehead atoms. The molecule has 0 radical (unpaired) electrons. The number of carbonyl (C=O) groups excluding carboxylic acids is 4. The third-order valence-corrected chi connectivity index (χ3v) is 10.8. The number of Topliss-reactive ketones (excluding diaryl/α,β-unsaturated/α-hetero) is 1. The highest BCUT2D eigenvalue weighted by molar-refractivity contribution is 5.94. The Hall–Kier alpha value is -3.20. The van der Waals surface area contributed by atoms with Crippen molar-refractivity contribution in [3.8, 4) is 0 Å². The minimum absolute atomic E-state index is 0.0867. The van der Waals surface area contributed by atoms with Gasteiger partial charge in [-0.3, -0.25) is 9.59 Å². The number of hydrogen-bond acceptors (Lipinski definition) is 9. The van der Waals surface area contributed by atoms with Crippen molar-refractivity contribution in [1.82, 2.24) is 0 Å². The standard InChI is InChI=1S/C32H40O9/c1-8-16(2)28(36)41-27-19-13-18-20(32(6,25(19)35)24(30(27,3)4)23(34)29(37)38-7)9-11-31(5)21(18)14-22(33)40-26(31)17-10-12-39-15-17/h8,10,12,15,19-20,23-24,26-27,34H,9,11,13-14H2,1-7H3/t19-,20+,23-,24+,26+,27-,31-,32-/m1/s1. The van der Waals surface area contributed by atoms with Gasteiger partial charge < -0.3 is 23.7 Å². The van der Waals surface area contributed by atoms with Gasteiger partial charge in [0.05, 0.1) is 32.0 Å². The summed E-state index contributed by atoms with van der Waals surface area (Å²) < 4.78 is 22.3. The summed E-state index contributed by atoms with van der Waals surface area (Å²) in [5.41, 5.74) is 0.392. The normalized spacial score (nSPS) is 37.0. The van der Waals surface area contributed by atoms with Crippen LogP contribution >= 0.6 is 0 Å². The topological polar surface area (TPSA) is 129 Å². The zero-order valence-corrected chi connectivity index (χ0v) is 24.8. The van der Waals surface area contributed by atoms with Crippen LogP contribution in [-0.4, -0.2) is 48.1 Å². The maximum atomic E-state index is 14.5. The van der Waals surface area contributed by atoms with Crippen LogP contribution in [0, 0.1) is 34.0 Å². The molecule has 2 saturated carbocycles. The molecule has 1 N–H and O–H groups in total. The zero-order valence-electron chi connectivity index (χ0n) is 24.8. The summed E-state index contributed by atoms with van der Waals surface area (Å²) in [6, 6.07) is 1.80. The van der Waals surface area contributed by atoms with Gasteiger partial charge >= 0.3 is 17.9 Å². The van der Waals surface area contributed by atoms with Crippen LogP contribution in [0.15, 0.2) is 45.8 Å². The molecule has 4 aliphatic rings. The van der Waals surface area contributed by atoms with E-state index in [1.807, 2.05) is 20.8 Å². The fourth-order valence-electron chi connectivity index (χ4n) is 8.72. The monoisotopic (exact) mass is 568 g/mol. The molecule has 8 atom stereocenters. The van der Waals surface area contributed by atoms with Gasteiger partial charge in [-0.25, -0.2) is 9.59 Å². The van der Waals surface area contributed by atoms with Crippen molar-refractivity contribution in [2.24, 2.45) is 34.0 Å². The molecule has 2 heterocycles. The molecule has 0 unspecified atom stereocenters. The van der Waals surface area contributed by atoms with Crippen LogP contribution in [0.5, 0.6) is 0 Å². The van der Waals surface area contributed by atoms with Crippen LogP contribution in [-0.2, 0) is 33.4 Å². The molecule has 3 fully saturated rings. The minimum Gasteiger partial charge on any atom is -0.472 e. The van der Waals surface area contributed by atoms with Crippen molar-refractivity contribution in [3.63, 3.8) is 0 Å². The molecule has 1 aliphatic heterocycles. The number of carbonyl (C=O) groups is 4. The number of esters is 3. The maximum absolute atomic E-state index is 14.5. The third kappa shape index (κ3) is 4.14. The van der Waals surface area contributed by atoms with Crippen molar-refractivity contribution in [3.05, 3.63) is 47.0 Å². The second kappa shape index (κ2) is 9.96. The number of aliphatic hydroxyl groups is 1. The molecule has 41 heavy (non-hydrogen) atoms. The van der Waals surface area contributed by atoms with Gasteiger partial charge in [0.1, 0.15) is 18.0 Å². The average Bonchev–Trinajstić information content (AvgIpc) is 3.46. The smallest absolute Gasteiger partial charge is 0.335 e. The molecule has 1 aromatic heterocycles. The van der Waals surface area contributed by atoms with E-state index < -0.39 is 58.3 Å². The molecule has 0 amide bonds. The third-order valence-electron chi connectivity index (χ3n) is 10.8. The summed E-state index contributed by atoms with van der Waals surface area (Å²) in [6.45, 7) is 11.0. The van der Waals surface area contributed by atoms with E-state index in [4.69, 9.17) is 18.6 Å². The highest BCUT2D eigenvalue weighted by atomic mass is 16.6. The molecule has 222 valence electrons. The van der Waals surface area contributed by atoms with Gasteiger partial charge in [0.2, 0.25) is 0 Å². The van der Waals surface area contributed by atoms with E-state index in [0.29, 0.717) is 24.8 Å². The highest BCUT2D eigenvalue weighted by Gasteiger charge is 2.70. The summed E-state index contributed by atoms with van der Waals surface area (Å²) in [4.78, 5) is 53.5. The largest absolute Gasteiger partial charge is 0.472 e. The Morgan fingerprint density at radius 3 is 2.51 bits per heavy atom. The summed E-state index contributed by atoms with van der Waals surface area (Å²) in [5, 5.41) is 11.5. The number of fused-ring (bicyclic) bond motifs is 5. The Morgan fingerprint density at radius 1 is 1.20 bits per heavy atom. The molecule has 3 aliphatic carbocycles. The first-order valence-electron chi connectivity index (χ1n) is 14.3. The summed E-state index contributed by atoms with van der Waals surface area (Å²) >= 11 is 0. The van der Waals surface area contributed by atoms with Crippen LogP contribution in [0.4, 0.5) is 0 Å². The number of furan rings is 1. The second-order valence-corrected chi connectivity index (χ2v) is 13.1. The number of cyclic esters (lactones) is 1. The Bertz CT molecular complexity index is 1330. The number of methoxy groups -OCH3 is 1. The van der Waals surface area contributed by atoms with Crippen molar-refractivity contribution in [2.45, 2.75) is 85.5 Å². The first-order chi connectivity index (χ1) is 19.2. The van der Waals surface area contributed by atoms with Crippen molar-refractivity contribution < 1.29 is 42.9 Å². The lowest BCUT2D eigenvalue weighted by atomic mass is 9.40. The number of rotatable bonds is 5. The number of ketones is 1. The van der Waals surface area contributed by atoms with Gasteiger partial charge in [0, 0.05) is 33.3 Å². The van der Waals surface area contributed by atoms with Gasteiger partial charge in [-0.2, -0.15) is 0 Å². The molecular formula is C32H40O9. The molecule has 5 rings (SSSR count). The predicted octanol–water partition coefficient (Wildman–Crippen LogP) is 4.64. The molecular weight excluding hydrogens is 528 g/mol. The van der Waals surface area contributed by atoms with Crippen LogP contribution < -0.4 is 0 Å². The van der Waals surface area contributed by atoms with E-state index in [9.17, 15) is 24.3 Å². The van der Waals surface area contributed by atoms with E-state index in [0.717, 1.165) is 16.7 Å². The zero-order chi connectivity index (χ0) is 30.1. The van der Waals surface area contributed by atoms with Crippen molar-refractivity contribution in [1.29, 1.82) is 0 Å². The molecule has 9 nitrogen and oxygen atoms in total. The SMILES string of the molecule is CC=C(C)C(=O)O[C@@H]1[C@@H]2CC3=C4CC(=O)O[C@@H](c5ccoc5)[C@]4(C)CC[C@@H]3[C@@](C)(C2=O)[C@@H]([C@@H](O)C(=O)OC)C1(C)C. The quantitative estimate of drug-likeness (QED) is 0.234. The molecule has 0 aromatic carbocycles. The average molecular weight is 569 g/mol. The molecule has 0 spiro atoms.